The van der Waals surface area contributed by atoms with Crippen LogP contribution in [0, 0.1) is 0 Å². The monoisotopic (exact) mass is 190 g/mol. The molecule has 0 fully saturated rings. The van der Waals surface area contributed by atoms with Crippen LogP contribution < -0.4 is 11.1 Å². The van der Waals surface area contributed by atoms with E-state index in [4.69, 9.17) is 5.73 Å². The van der Waals surface area contributed by atoms with Gasteiger partial charge >= 0.3 is 6.09 Å². The van der Waals surface area contributed by atoms with E-state index < -0.39 is 6.09 Å². The minimum absolute atomic E-state index is 0.0680. The molecule has 0 aromatic carbocycles. The van der Waals surface area contributed by atoms with E-state index in [1.165, 1.54) is 0 Å². The van der Waals surface area contributed by atoms with Crippen LogP contribution in [0.25, 0.3) is 0 Å². The van der Waals surface area contributed by atoms with Crippen molar-refractivity contribution in [2.45, 2.75) is 26.3 Å². The quantitative estimate of drug-likeness (QED) is 0.643. The first-order valence-electron chi connectivity index (χ1n) is 3.77. The summed E-state index contributed by atoms with van der Waals surface area (Å²) < 4.78 is 4.66. The van der Waals surface area contributed by atoms with Crippen LogP contribution in [0.2, 0.25) is 0 Å². The van der Waals surface area contributed by atoms with Crippen LogP contribution in [0.4, 0.5) is 4.79 Å². The van der Waals surface area contributed by atoms with Gasteiger partial charge in [0.05, 0.1) is 11.6 Å². The summed E-state index contributed by atoms with van der Waals surface area (Å²) in [7, 11) is 0. The van der Waals surface area contributed by atoms with E-state index >= 15 is 0 Å². The minimum Gasteiger partial charge on any atom is -0.450 e. The van der Waals surface area contributed by atoms with Gasteiger partial charge in [-0.2, -0.15) is 0 Å². The molecule has 0 bridgehead atoms. The van der Waals surface area contributed by atoms with Gasteiger partial charge in [0.2, 0.25) is 0 Å². The molecule has 0 aliphatic heterocycles. The molecule has 12 heavy (non-hydrogen) atoms. The zero-order valence-corrected chi connectivity index (χ0v) is 8.11. The second-order valence-electron chi connectivity index (χ2n) is 2.44. The highest BCUT2D eigenvalue weighted by atomic mass is 32.1. The number of carbonyl (C=O) groups excluding carboxylic acids is 1. The lowest BCUT2D eigenvalue weighted by Gasteiger charge is -2.11. The summed E-state index contributed by atoms with van der Waals surface area (Å²) in [6, 6.07) is -0.0680. The van der Waals surface area contributed by atoms with Gasteiger partial charge in [0.1, 0.15) is 0 Å². The van der Waals surface area contributed by atoms with E-state index in [0.717, 1.165) is 0 Å². The van der Waals surface area contributed by atoms with E-state index in [-0.39, 0.29) is 6.04 Å². The van der Waals surface area contributed by atoms with Crippen molar-refractivity contribution in [3.8, 4) is 0 Å². The van der Waals surface area contributed by atoms with Crippen molar-refractivity contribution < 1.29 is 9.53 Å². The summed E-state index contributed by atoms with van der Waals surface area (Å²) in [5.41, 5.74) is 5.28. The van der Waals surface area contributed by atoms with E-state index in [2.05, 4.69) is 22.3 Å². The summed E-state index contributed by atoms with van der Waals surface area (Å²) in [6.45, 7) is 3.93. The molecule has 3 N–H and O–H groups in total. The summed E-state index contributed by atoms with van der Waals surface area (Å²) >= 11 is 4.67. The molecule has 0 aliphatic carbocycles. The molecule has 0 heterocycles. The third-order valence-corrected chi connectivity index (χ3v) is 1.31. The van der Waals surface area contributed by atoms with Crippen molar-refractivity contribution in [3.05, 3.63) is 0 Å². The Morgan fingerprint density at radius 3 is 2.75 bits per heavy atom. The highest BCUT2D eigenvalue weighted by molar-refractivity contribution is 7.80. The van der Waals surface area contributed by atoms with E-state index in [0.29, 0.717) is 18.0 Å². The molecular formula is C7H14N2O2S. The Bertz CT molecular complexity index is 173. The molecule has 0 aromatic heterocycles. The number of hydrogen-bond acceptors (Lipinski definition) is 3. The van der Waals surface area contributed by atoms with Crippen LogP contribution >= 0.6 is 12.2 Å². The molecule has 0 radical (unpaired) electrons. The van der Waals surface area contributed by atoms with Crippen molar-refractivity contribution in [2.24, 2.45) is 5.73 Å². The van der Waals surface area contributed by atoms with E-state index in [9.17, 15) is 4.79 Å². The molecule has 0 saturated carbocycles. The number of amides is 1. The van der Waals surface area contributed by atoms with Crippen molar-refractivity contribution in [3.63, 3.8) is 0 Å². The lowest BCUT2D eigenvalue weighted by Crippen LogP contribution is -2.35. The third kappa shape index (κ3) is 5.91. The molecule has 1 unspecified atom stereocenters. The molecule has 4 nitrogen and oxygen atoms in total. The van der Waals surface area contributed by atoms with Crippen LogP contribution in [0.5, 0.6) is 0 Å². The van der Waals surface area contributed by atoms with Crippen molar-refractivity contribution >= 4 is 23.3 Å². The smallest absolute Gasteiger partial charge is 0.407 e. The summed E-state index contributed by atoms with van der Waals surface area (Å²) in [4.78, 5) is 11.2. The van der Waals surface area contributed by atoms with Gasteiger partial charge in [-0.1, -0.05) is 12.2 Å². The standard InChI is InChI=1S/C7H14N2O2S/c1-3-11-7(10)9-5(2)4-6(8)12/h5H,3-4H2,1-2H3,(H2,8,12)(H,9,10). The summed E-state index contributed by atoms with van der Waals surface area (Å²) in [5, 5.41) is 2.58. The average Bonchev–Trinajstić information content (AvgIpc) is 1.84. The van der Waals surface area contributed by atoms with Crippen LogP contribution in [-0.2, 0) is 4.74 Å². The van der Waals surface area contributed by atoms with Gasteiger partial charge < -0.3 is 15.8 Å². The van der Waals surface area contributed by atoms with Crippen molar-refractivity contribution in [2.75, 3.05) is 6.61 Å². The Kier molecular flexibility index (Phi) is 5.36. The second kappa shape index (κ2) is 5.77. The molecular weight excluding hydrogens is 176 g/mol. The second-order valence-corrected chi connectivity index (χ2v) is 2.96. The van der Waals surface area contributed by atoms with Gasteiger partial charge in [-0.25, -0.2) is 4.79 Å². The van der Waals surface area contributed by atoms with Gasteiger partial charge in [-0.05, 0) is 13.8 Å². The number of hydrogen-bond donors (Lipinski definition) is 2. The van der Waals surface area contributed by atoms with Crippen LogP contribution in [-0.4, -0.2) is 23.7 Å². The SMILES string of the molecule is CCOC(=O)NC(C)CC(N)=S. The summed E-state index contributed by atoms with van der Waals surface area (Å²) in [6.07, 6.45) is 0.0648. The zero-order valence-electron chi connectivity index (χ0n) is 7.29. The van der Waals surface area contributed by atoms with Gasteiger partial charge in [0, 0.05) is 12.5 Å². The molecule has 5 heteroatoms. The highest BCUT2D eigenvalue weighted by Crippen LogP contribution is 1.91. The maximum atomic E-state index is 10.8. The number of carbonyl (C=O) groups is 1. The fourth-order valence-corrected chi connectivity index (χ4v) is 0.977. The Balaban J connectivity index is 3.61. The van der Waals surface area contributed by atoms with Crippen molar-refractivity contribution in [1.29, 1.82) is 0 Å². The maximum Gasteiger partial charge on any atom is 0.407 e. The number of rotatable bonds is 4. The fourth-order valence-electron chi connectivity index (χ4n) is 0.727. The Labute approximate surface area is 77.5 Å². The van der Waals surface area contributed by atoms with Gasteiger partial charge in [0.25, 0.3) is 0 Å². The fraction of sp³-hybridized carbons (Fsp3) is 0.714. The topological polar surface area (TPSA) is 64.3 Å². The largest absolute Gasteiger partial charge is 0.450 e. The first-order chi connectivity index (χ1) is 5.56. The number of ether oxygens (including phenoxy) is 1. The van der Waals surface area contributed by atoms with Crippen LogP contribution in [0.3, 0.4) is 0 Å². The molecule has 0 saturated heterocycles. The van der Waals surface area contributed by atoms with Gasteiger partial charge in [0.15, 0.2) is 0 Å². The van der Waals surface area contributed by atoms with Gasteiger partial charge in [-0.15, -0.1) is 0 Å². The molecule has 1 atom stereocenters. The number of thiocarbonyl (C=S) groups is 1. The van der Waals surface area contributed by atoms with Crippen molar-refractivity contribution in [1.82, 2.24) is 5.32 Å². The predicted octanol–water partition coefficient (Wildman–Crippen LogP) is 0.797. The highest BCUT2D eigenvalue weighted by Gasteiger charge is 2.07. The van der Waals surface area contributed by atoms with E-state index in [1.54, 1.807) is 6.92 Å². The first kappa shape index (κ1) is 11.2. The van der Waals surface area contributed by atoms with E-state index in [1.807, 2.05) is 6.92 Å². The Morgan fingerprint density at radius 2 is 2.33 bits per heavy atom. The zero-order chi connectivity index (χ0) is 9.56. The molecule has 0 spiro atoms. The molecule has 0 rings (SSSR count). The molecule has 0 aromatic rings. The molecule has 1 amide bonds. The predicted molar refractivity (Wildman–Crippen MR) is 51.0 cm³/mol. The minimum atomic E-state index is -0.429. The summed E-state index contributed by atoms with van der Waals surface area (Å²) in [5.74, 6) is 0. The van der Waals surface area contributed by atoms with Gasteiger partial charge in [-0.3, -0.25) is 0 Å². The van der Waals surface area contributed by atoms with Crippen LogP contribution in [0.15, 0.2) is 0 Å². The maximum absolute atomic E-state index is 10.8. The molecule has 0 aliphatic rings. The lowest BCUT2D eigenvalue weighted by atomic mass is 10.2. The Morgan fingerprint density at radius 1 is 1.75 bits per heavy atom. The Hall–Kier alpha value is -0.840. The number of nitrogens with one attached hydrogen (secondary N) is 1. The third-order valence-electron chi connectivity index (χ3n) is 1.15. The average molecular weight is 190 g/mol. The van der Waals surface area contributed by atoms with Crippen LogP contribution in [0.1, 0.15) is 20.3 Å². The number of alkyl carbamates (subject to hydrolysis) is 1. The molecule has 70 valence electrons. The first-order valence-corrected chi connectivity index (χ1v) is 4.18. The lowest BCUT2D eigenvalue weighted by molar-refractivity contribution is 0.149. The number of nitrogens with two attached hydrogens (primary N) is 1. The normalized spacial score (nSPS) is 11.8.